The highest BCUT2D eigenvalue weighted by molar-refractivity contribution is 6.30. The van der Waals surface area contributed by atoms with E-state index in [0.717, 1.165) is 16.8 Å². The summed E-state index contributed by atoms with van der Waals surface area (Å²) in [5.41, 5.74) is 4.16. The van der Waals surface area contributed by atoms with Crippen LogP contribution in [0.4, 0.5) is 0 Å². The van der Waals surface area contributed by atoms with Crippen molar-refractivity contribution in [3.8, 4) is 39.8 Å². The lowest BCUT2D eigenvalue weighted by Gasteiger charge is -2.10. The SMILES string of the molecule is O=C(O)COc1cc2c(cc1-c1cc(-c3ccc(Cl)cc3)n(Cc3ccccc3)n1)OCO2. The Hall–Kier alpha value is -3.97. The molecular weight excluding hydrogens is 444 g/mol. The van der Waals surface area contributed by atoms with E-state index in [4.69, 9.17) is 36.0 Å². The first kappa shape index (κ1) is 20.9. The minimum atomic E-state index is -1.07. The van der Waals surface area contributed by atoms with Crippen LogP contribution in [0.15, 0.2) is 72.8 Å². The summed E-state index contributed by atoms with van der Waals surface area (Å²) in [4.78, 5) is 11.1. The van der Waals surface area contributed by atoms with E-state index in [9.17, 15) is 4.79 Å². The van der Waals surface area contributed by atoms with Crippen molar-refractivity contribution in [1.82, 2.24) is 9.78 Å². The number of aliphatic carboxylic acids is 1. The minimum absolute atomic E-state index is 0.0929. The number of carboxylic acids is 1. The third kappa shape index (κ3) is 4.49. The number of hydrogen-bond donors (Lipinski definition) is 1. The number of nitrogens with zero attached hydrogens (tertiary/aromatic N) is 2. The molecule has 0 saturated carbocycles. The fraction of sp³-hybridized carbons (Fsp3) is 0.120. The van der Waals surface area contributed by atoms with Crippen molar-refractivity contribution in [3.63, 3.8) is 0 Å². The maximum Gasteiger partial charge on any atom is 0.341 e. The molecule has 0 saturated heterocycles. The maximum absolute atomic E-state index is 11.1. The van der Waals surface area contributed by atoms with E-state index in [0.29, 0.717) is 40.1 Å². The molecule has 0 atom stereocenters. The first-order valence-electron chi connectivity index (χ1n) is 10.2. The molecule has 0 aliphatic carbocycles. The van der Waals surface area contributed by atoms with Gasteiger partial charge in [-0.05, 0) is 35.4 Å². The Labute approximate surface area is 194 Å². The summed E-state index contributed by atoms with van der Waals surface area (Å²) in [5.74, 6) is 0.336. The van der Waals surface area contributed by atoms with Gasteiger partial charge in [0.15, 0.2) is 18.1 Å². The quantitative estimate of drug-likeness (QED) is 0.411. The highest BCUT2D eigenvalue weighted by atomic mass is 35.5. The predicted octanol–water partition coefficient (Wildman–Crippen LogP) is 5.11. The van der Waals surface area contributed by atoms with Gasteiger partial charge in [-0.15, -0.1) is 0 Å². The summed E-state index contributed by atoms with van der Waals surface area (Å²) in [6, 6.07) is 22.9. The molecule has 0 amide bonds. The lowest BCUT2D eigenvalue weighted by atomic mass is 10.1. The van der Waals surface area contributed by atoms with Crippen LogP contribution in [-0.2, 0) is 11.3 Å². The predicted molar refractivity (Wildman–Crippen MR) is 123 cm³/mol. The van der Waals surface area contributed by atoms with E-state index in [1.807, 2.05) is 65.3 Å². The lowest BCUT2D eigenvalue weighted by molar-refractivity contribution is -0.139. The summed E-state index contributed by atoms with van der Waals surface area (Å²) in [5, 5.41) is 14.6. The Morgan fingerprint density at radius 2 is 1.76 bits per heavy atom. The van der Waals surface area contributed by atoms with Gasteiger partial charge >= 0.3 is 5.97 Å². The molecule has 8 heteroatoms. The molecular formula is C25H19ClN2O5. The van der Waals surface area contributed by atoms with Gasteiger partial charge in [-0.25, -0.2) is 4.79 Å². The van der Waals surface area contributed by atoms with E-state index in [2.05, 4.69) is 0 Å². The van der Waals surface area contributed by atoms with Gasteiger partial charge in [-0.3, -0.25) is 4.68 Å². The number of hydrogen-bond acceptors (Lipinski definition) is 5. The molecule has 7 nitrogen and oxygen atoms in total. The summed E-state index contributed by atoms with van der Waals surface area (Å²) in [6.45, 7) is 0.158. The van der Waals surface area contributed by atoms with Crippen LogP contribution in [0, 0.1) is 0 Å². The number of aromatic nitrogens is 2. The molecule has 0 unspecified atom stereocenters. The molecule has 5 rings (SSSR count). The van der Waals surface area contributed by atoms with Gasteiger partial charge in [0.2, 0.25) is 6.79 Å². The van der Waals surface area contributed by atoms with Crippen LogP contribution in [0.5, 0.6) is 17.2 Å². The summed E-state index contributed by atoms with van der Waals surface area (Å²) in [6.07, 6.45) is 0. The van der Waals surface area contributed by atoms with Crippen LogP contribution in [0.25, 0.3) is 22.5 Å². The Balaban J connectivity index is 1.62. The number of ether oxygens (including phenoxy) is 3. The highest BCUT2D eigenvalue weighted by Gasteiger charge is 2.22. The molecule has 0 spiro atoms. The zero-order valence-electron chi connectivity index (χ0n) is 17.4. The van der Waals surface area contributed by atoms with Crippen molar-refractivity contribution in [3.05, 3.63) is 83.4 Å². The van der Waals surface area contributed by atoms with Crippen molar-refractivity contribution < 1.29 is 24.1 Å². The third-order valence-corrected chi connectivity index (χ3v) is 5.45. The average Bonchev–Trinajstić information content (AvgIpc) is 3.45. The van der Waals surface area contributed by atoms with Crippen LogP contribution in [0.3, 0.4) is 0 Å². The molecule has 0 bridgehead atoms. The number of benzene rings is 3. The second-order valence-electron chi connectivity index (χ2n) is 7.45. The molecule has 1 aliphatic rings. The van der Waals surface area contributed by atoms with Crippen LogP contribution >= 0.6 is 11.6 Å². The van der Waals surface area contributed by atoms with Crippen molar-refractivity contribution in [1.29, 1.82) is 0 Å². The standard InChI is InChI=1S/C25H19ClN2O5/c26-18-8-6-17(7-9-18)21-11-20(27-28(21)13-16-4-2-1-3-5-16)19-10-23-24(33-15-32-23)12-22(19)31-14-25(29)30/h1-12H,13-15H2,(H,29,30). The number of rotatable bonds is 7. The monoisotopic (exact) mass is 462 g/mol. The normalized spacial score (nSPS) is 12.0. The second kappa shape index (κ2) is 8.88. The second-order valence-corrected chi connectivity index (χ2v) is 7.89. The maximum atomic E-state index is 11.1. The Kier molecular flexibility index (Phi) is 5.62. The molecule has 166 valence electrons. The van der Waals surface area contributed by atoms with Crippen molar-refractivity contribution in [2.75, 3.05) is 13.4 Å². The average molecular weight is 463 g/mol. The highest BCUT2D eigenvalue weighted by Crippen LogP contribution is 2.43. The topological polar surface area (TPSA) is 82.8 Å². The molecule has 1 aromatic heterocycles. The molecule has 0 radical (unpaired) electrons. The zero-order valence-corrected chi connectivity index (χ0v) is 18.2. The summed E-state index contributed by atoms with van der Waals surface area (Å²) < 4.78 is 18.4. The molecule has 3 aromatic carbocycles. The van der Waals surface area contributed by atoms with Gasteiger partial charge in [0.1, 0.15) is 5.75 Å². The molecule has 1 aliphatic heterocycles. The number of carboxylic acid groups (broad SMARTS) is 1. The summed E-state index contributed by atoms with van der Waals surface area (Å²) >= 11 is 6.09. The first-order valence-corrected chi connectivity index (χ1v) is 10.6. The number of halogens is 1. The zero-order chi connectivity index (χ0) is 22.8. The van der Waals surface area contributed by atoms with E-state index >= 15 is 0 Å². The van der Waals surface area contributed by atoms with Crippen LogP contribution < -0.4 is 14.2 Å². The molecule has 1 N–H and O–H groups in total. The van der Waals surface area contributed by atoms with Crippen molar-refractivity contribution in [2.24, 2.45) is 0 Å². The van der Waals surface area contributed by atoms with Gasteiger partial charge in [-0.1, -0.05) is 54.1 Å². The largest absolute Gasteiger partial charge is 0.481 e. The fourth-order valence-electron chi connectivity index (χ4n) is 3.66. The first-order chi connectivity index (χ1) is 16.1. The minimum Gasteiger partial charge on any atom is -0.481 e. The van der Waals surface area contributed by atoms with Crippen LogP contribution in [-0.4, -0.2) is 34.3 Å². The number of carbonyl (C=O) groups is 1. The Bertz CT molecular complexity index is 1300. The van der Waals surface area contributed by atoms with Crippen molar-refractivity contribution >= 4 is 17.6 Å². The lowest BCUT2D eigenvalue weighted by Crippen LogP contribution is -2.10. The van der Waals surface area contributed by atoms with E-state index in [-0.39, 0.29) is 6.79 Å². The molecule has 4 aromatic rings. The van der Waals surface area contributed by atoms with Crippen LogP contribution in [0.2, 0.25) is 5.02 Å². The Morgan fingerprint density at radius 3 is 2.48 bits per heavy atom. The number of fused-ring (bicyclic) bond motifs is 1. The van der Waals surface area contributed by atoms with Gasteiger partial charge in [0, 0.05) is 16.7 Å². The van der Waals surface area contributed by atoms with Crippen LogP contribution in [0.1, 0.15) is 5.56 Å². The Morgan fingerprint density at radius 1 is 1.03 bits per heavy atom. The van der Waals surface area contributed by atoms with Gasteiger partial charge in [0.25, 0.3) is 0 Å². The van der Waals surface area contributed by atoms with Gasteiger partial charge < -0.3 is 19.3 Å². The van der Waals surface area contributed by atoms with E-state index in [1.54, 1.807) is 12.1 Å². The van der Waals surface area contributed by atoms with Gasteiger partial charge in [-0.2, -0.15) is 5.10 Å². The van der Waals surface area contributed by atoms with E-state index in [1.165, 1.54) is 0 Å². The molecule has 0 fully saturated rings. The van der Waals surface area contributed by atoms with E-state index < -0.39 is 12.6 Å². The third-order valence-electron chi connectivity index (χ3n) is 5.20. The molecule has 2 heterocycles. The summed E-state index contributed by atoms with van der Waals surface area (Å²) in [7, 11) is 0. The smallest absolute Gasteiger partial charge is 0.341 e. The molecule has 33 heavy (non-hydrogen) atoms. The van der Waals surface area contributed by atoms with Crippen molar-refractivity contribution in [2.45, 2.75) is 6.54 Å². The van der Waals surface area contributed by atoms with Gasteiger partial charge in [0.05, 0.1) is 17.9 Å². The fourth-order valence-corrected chi connectivity index (χ4v) is 3.79.